The molecule has 1 aromatic rings. The Labute approximate surface area is 136 Å². The van der Waals surface area contributed by atoms with Gasteiger partial charge in [-0.15, -0.1) is 0 Å². The van der Waals surface area contributed by atoms with Gasteiger partial charge in [-0.25, -0.2) is 4.98 Å². The minimum absolute atomic E-state index is 0.104. The number of methoxy groups -OCH3 is 1. The number of aliphatic hydroxyl groups is 3. The molecule has 0 saturated carbocycles. The van der Waals surface area contributed by atoms with Crippen molar-refractivity contribution in [1.82, 2.24) is 19.4 Å². The van der Waals surface area contributed by atoms with E-state index in [4.69, 9.17) is 4.74 Å². The van der Waals surface area contributed by atoms with E-state index in [1.54, 1.807) is 13.4 Å². The van der Waals surface area contributed by atoms with E-state index in [2.05, 4.69) is 14.5 Å². The fourth-order valence-corrected chi connectivity index (χ4v) is 2.94. The van der Waals surface area contributed by atoms with E-state index in [0.29, 0.717) is 32.8 Å². The minimum atomic E-state index is -0.506. The van der Waals surface area contributed by atoms with Crippen molar-refractivity contribution in [1.29, 1.82) is 0 Å². The maximum atomic E-state index is 10.2. The quantitative estimate of drug-likeness (QED) is 0.527. The van der Waals surface area contributed by atoms with E-state index in [1.807, 2.05) is 11.1 Å². The highest BCUT2D eigenvalue weighted by atomic mass is 16.5. The highest BCUT2D eigenvalue weighted by Gasteiger charge is 2.26. The first-order valence-electron chi connectivity index (χ1n) is 8.02. The predicted octanol–water partition coefficient (Wildman–Crippen LogP) is -1.64. The van der Waals surface area contributed by atoms with Gasteiger partial charge in [0, 0.05) is 52.6 Å². The zero-order valence-electron chi connectivity index (χ0n) is 13.7. The molecule has 132 valence electrons. The second kappa shape index (κ2) is 9.31. The lowest BCUT2D eigenvalue weighted by Crippen LogP contribution is -2.44. The molecule has 1 saturated heterocycles. The molecule has 1 aromatic heterocycles. The van der Waals surface area contributed by atoms with E-state index in [9.17, 15) is 15.3 Å². The maximum absolute atomic E-state index is 10.2. The average molecular weight is 328 g/mol. The largest absolute Gasteiger partial charge is 0.395 e. The van der Waals surface area contributed by atoms with Crippen LogP contribution in [0.1, 0.15) is 5.69 Å². The van der Waals surface area contributed by atoms with E-state index in [1.165, 1.54) is 0 Å². The number of nitrogens with zero attached hydrogens (tertiary/aromatic N) is 4. The topological polar surface area (TPSA) is 94.2 Å². The molecule has 1 fully saturated rings. The summed E-state index contributed by atoms with van der Waals surface area (Å²) in [5.74, 6) is 0. The second-order valence-electron chi connectivity index (χ2n) is 5.97. The van der Waals surface area contributed by atoms with Crippen molar-refractivity contribution in [3.63, 3.8) is 0 Å². The van der Waals surface area contributed by atoms with Gasteiger partial charge in [0.2, 0.25) is 0 Å². The van der Waals surface area contributed by atoms with Crippen LogP contribution < -0.4 is 0 Å². The Morgan fingerprint density at radius 3 is 2.78 bits per heavy atom. The third-order valence-electron chi connectivity index (χ3n) is 4.28. The van der Waals surface area contributed by atoms with Crippen LogP contribution in [0.5, 0.6) is 0 Å². The van der Waals surface area contributed by atoms with Crippen LogP contribution in [0.4, 0.5) is 0 Å². The normalized spacial score (nSPS) is 21.0. The molecule has 3 N–H and O–H groups in total. The Morgan fingerprint density at radius 2 is 2.09 bits per heavy atom. The van der Waals surface area contributed by atoms with Crippen molar-refractivity contribution < 1.29 is 20.1 Å². The van der Waals surface area contributed by atoms with Crippen molar-refractivity contribution >= 4 is 0 Å². The molecule has 1 aliphatic rings. The van der Waals surface area contributed by atoms with Crippen LogP contribution in [0.2, 0.25) is 0 Å². The van der Waals surface area contributed by atoms with Crippen LogP contribution in [0.3, 0.4) is 0 Å². The van der Waals surface area contributed by atoms with E-state index >= 15 is 0 Å². The van der Waals surface area contributed by atoms with Crippen molar-refractivity contribution in [2.45, 2.75) is 25.2 Å². The lowest BCUT2D eigenvalue weighted by molar-refractivity contribution is 0.0470. The molecular formula is C15H28N4O4. The Hall–Kier alpha value is -1.03. The molecule has 23 heavy (non-hydrogen) atoms. The Bertz CT molecular complexity index is 452. The van der Waals surface area contributed by atoms with Gasteiger partial charge in [0.05, 0.1) is 44.0 Å². The first kappa shape index (κ1) is 18.3. The van der Waals surface area contributed by atoms with Crippen LogP contribution in [-0.2, 0) is 17.8 Å². The molecule has 0 aromatic carbocycles. The molecule has 0 spiro atoms. The number of hydrogen-bond acceptors (Lipinski definition) is 7. The van der Waals surface area contributed by atoms with Gasteiger partial charge in [-0.05, 0) is 0 Å². The zero-order chi connectivity index (χ0) is 16.7. The van der Waals surface area contributed by atoms with Crippen molar-refractivity contribution in [2.75, 3.05) is 53.1 Å². The van der Waals surface area contributed by atoms with E-state index < -0.39 is 6.10 Å². The average Bonchev–Trinajstić information content (AvgIpc) is 2.89. The van der Waals surface area contributed by atoms with Crippen LogP contribution in [0.25, 0.3) is 0 Å². The molecule has 0 aliphatic carbocycles. The summed E-state index contributed by atoms with van der Waals surface area (Å²) >= 11 is 0. The Balaban J connectivity index is 1.95. The van der Waals surface area contributed by atoms with Crippen molar-refractivity contribution in [3.8, 4) is 0 Å². The molecule has 1 aliphatic heterocycles. The molecule has 2 rings (SSSR count). The lowest BCUT2D eigenvalue weighted by atomic mass is 10.2. The molecule has 0 radical (unpaired) electrons. The van der Waals surface area contributed by atoms with Crippen LogP contribution >= 0.6 is 0 Å². The van der Waals surface area contributed by atoms with Gasteiger partial charge >= 0.3 is 0 Å². The first-order valence-corrected chi connectivity index (χ1v) is 8.02. The van der Waals surface area contributed by atoms with Crippen molar-refractivity contribution in [2.24, 2.45) is 0 Å². The molecule has 0 bridgehead atoms. The number of β-amino-alcohol motifs (C(OH)–C–C–N with tert-alkyl or cyclic N) is 1. The lowest BCUT2D eigenvalue weighted by Gasteiger charge is -2.28. The van der Waals surface area contributed by atoms with Gasteiger partial charge in [-0.2, -0.15) is 0 Å². The summed E-state index contributed by atoms with van der Waals surface area (Å²) in [6.45, 7) is 4.39. The zero-order valence-corrected chi connectivity index (χ0v) is 13.7. The number of imidazole rings is 1. The third kappa shape index (κ3) is 5.23. The summed E-state index contributed by atoms with van der Waals surface area (Å²) in [6, 6.07) is -0.308. The van der Waals surface area contributed by atoms with Gasteiger partial charge in [0.1, 0.15) is 0 Å². The summed E-state index contributed by atoms with van der Waals surface area (Å²) in [5, 5.41) is 28.9. The summed E-state index contributed by atoms with van der Waals surface area (Å²) in [4.78, 5) is 8.32. The standard InChI is InChI=1S/C15H28N4O4/c1-23-5-4-19-12-16-6-13(19)7-17-2-3-18(9-15(22)8-17)14(10-20)11-21/h6,12,14-15,20-22H,2-5,7-11H2,1H3. The predicted molar refractivity (Wildman–Crippen MR) is 84.9 cm³/mol. The van der Waals surface area contributed by atoms with Crippen LogP contribution in [0, 0.1) is 0 Å². The summed E-state index contributed by atoms with van der Waals surface area (Å²) in [5.41, 5.74) is 1.09. The van der Waals surface area contributed by atoms with Gasteiger partial charge in [0.25, 0.3) is 0 Å². The fraction of sp³-hybridized carbons (Fsp3) is 0.800. The molecule has 8 heteroatoms. The minimum Gasteiger partial charge on any atom is -0.395 e. The van der Waals surface area contributed by atoms with Crippen LogP contribution in [-0.4, -0.2) is 99.9 Å². The monoisotopic (exact) mass is 328 g/mol. The number of rotatable bonds is 8. The van der Waals surface area contributed by atoms with Crippen LogP contribution in [0.15, 0.2) is 12.5 Å². The van der Waals surface area contributed by atoms with E-state index in [-0.39, 0.29) is 19.3 Å². The van der Waals surface area contributed by atoms with Gasteiger partial charge in [-0.3, -0.25) is 9.80 Å². The molecule has 0 amide bonds. The highest BCUT2D eigenvalue weighted by Crippen LogP contribution is 2.11. The fourth-order valence-electron chi connectivity index (χ4n) is 2.94. The second-order valence-corrected chi connectivity index (χ2v) is 5.97. The molecule has 2 heterocycles. The van der Waals surface area contributed by atoms with E-state index in [0.717, 1.165) is 18.8 Å². The van der Waals surface area contributed by atoms with Gasteiger partial charge in [0.15, 0.2) is 0 Å². The summed E-state index contributed by atoms with van der Waals surface area (Å²) in [7, 11) is 1.68. The third-order valence-corrected chi connectivity index (χ3v) is 4.28. The molecule has 1 unspecified atom stereocenters. The number of ether oxygens (including phenoxy) is 1. The smallest absolute Gasteiger partial charge is 0.0949 e. The van der Waals surface area contributed by atoms with Gasteiger partial charge < -0.3 is 24.6 Å². The number of aliphatic hydroxyl groups excluding tert-OH is 3. The molecule has 1 atom stereocenters. The molecular weight excluding hydrogens is 300 g/mol. The van der Waals surface area contributed by atoms with Gasteiger partial charge in [-0.1, -0.05) is 0 Å². The highest BCUT2D eigenvalue weighted by molar-refractivity contribution is 4.99. The summed E-state index contributed by atoms with van der Waals surface area (Å²) in [6.07, 6.45) is 3.13. The SMILES string of the molecule is COCCn1cncc1CN1CCN(C(CO)CO)CC(O)C1. The first-order chi connectivity index (χ1) is 11.2. The number of aromatic nitrogens is 2. The molecule has 8 nitrogen and oxygen atoms in total. The number of hydrogen-bond donors (Lipinski definition) is 3. The Kier molecular flexibility index (Phi) is 7.41. The Morgan fingerprint density at radius 1 is 1.30 bits per heavy atom. The maximum Gasteiger partial charge on any atom is 0.0949 e. The van der Waals surface area contributed by atoms with Crippen molar-refractivity contribution in [3.05, 3.63) is 18.2 Å². The summed E-state index contributed by atoms with van der Waals surface area (Å²) < 4.78 is 7.16.